The van der Waals surface area contributed by atoms with Crippen molar-refractivity contribution in [2.24, 2.45) is 0 Å². The van der Waals surface area contributed by atoms with Crippen LogP contribution in [0.5, 0.6) is 5.75 Å². The fraction of sp³-hybridized carbons (Fsp3) is 0.429. The number of amides is 2. The highest BCUT2D eigenvalue weighted by Gasteiger charge is 2.16. The number of hydrogen-bond acceptors (Lipinski definition) is 3. The summed E-state index contributed by atoms with van der Waals surface area (Å²) in [6.45, 7) is 3.98. The Bertz CT molecular complexity index is 441. The van der Waals surface area contributed by atoms with Gasteiger partial charge in [-0.2, -0.15) is 0 Å². The Morgan fingerprint density at radius 3 is 2.16 bits per heavy atom. The molecule has 0 N–H and O–H groups in total. The van der Waals surface area contributed by atoms with Crippen LogP contribution in [0.2, 0.25) is 0 Å². The van der Waals surface area contributed by atoms with Crippen molar-refractivity contribution in [3.8, 4) is 5.75 Å². The molecule has 19 heavy (non-hydrogen) atoms. The highest BCUT2D eigenvalue weighted by atomic mass is 16.5. The van der Waals surface area contributed by atoms with Gasteiger partial charge in [-0.15, -0.1) is 0 Å². The van der Waals surface area contributed by atoms with Crippen LogP contribution in [0, 0.1) is 0 Å². The average Bonchev–Trinajstić information content (AvgIpc) is 2.36. The number of nitrogens with zero attached hydrogens (tertiary/aromatic N) is 2. The SMILES string of the molecule is CCOc1ccc(N(CC(=O)N(C)C)C(C)=O)cc1. The molecule has 0 aliphatic heterocycles. The van der Waals surface area contributed by atoms with Gasteiger partial charge in [0.1, 0.15) is 12.3 Å². The van der Waals surface area contributed by atoms with Gasteiger partial charge in [-0.25, -0.2) is 0 Å². The second-order valence-electron chi connectivity index (χ2n) is 4.32. The van der Waals surface area contributed by atoms with E-state index in [1.807, 2.05) is 6.92 Å². The molecule has 0 bridgehead atoms. The van der Waals surface area contributed by atoms with Crippen molar-refractivity contribution in [3.05, 3.63) is 24.3 Å². The second kappa shape index (κ2) is 6.78. The molecular weight excluding hydrogens is 244 g/mol. The molecule has 104 valence electrons. The molecule has 0 saturated heterocycles. The number of benzene rings is 1. The molecule has 1 aromatic carbocycles. The number of carbonyl (C=O) groups excluding carboxylic acids is 2. The van der Waals surface area contributed by atoms with E-state index in [4.69, 9.17) is 4.74 Å². The molecule has 2 amide bonds. The number of likely N-dealkylation sites (N-methyl/N-ethyl adjacent to an activating group) is 1. The highest BCUT2D eigenvalue weighted by Crippen LogP contribution is 2.19. The Morgan fingerprint density at radius 2 is 1.74 bits per heavy atom. The lowest BCUT2D eigenvalue weighted by molar-refractivity contribution is -0.129. The smallest absolute Gasteiger partial charge is 0.242 e. The van der Waals surface area contributed by atoms with E-state index in [1.54, 1.807) is 38.4 Å². The van der Waals surface area contributed by atoms with Crippen molar-refractivity contribution in [1.82, 2.24) is 4.90 Å². The van der Waals surface area contributed by atoms with Gasteiger partial charge >= 0.3 is 0 Å². The summed E-state index contributed by atoms with van der Waals surface area (Å²) in [6, 6.07) is 7.12. The Labute approximate surface area is 113 Å². The van der Waals surface area contributed by atoms with Crippen LogP contribution in [0.3, 0.4) is 0 Å². The molecule has 0 heterocycles. The summed E-state index contributed by atoms with van der Waals surface area (Å²) in [5.41, 5.74) is 0.686. The van der Waals surface area contributed by atoms with Gasteiger partial charge in [-0.05, 0) is 31.2 Å². The Balaban J connectivity index is 2.87. The van der Waals surface area contributed by atoms with Crippen molar-refractivity contribution >= 4 is 17.5 Å². The predicted molar refractivity (Wildman–Crippen MR) is 74.3 cm³/mol. The van der Waals surface area contributed by atoms with Crippen LogP contribution >= 0.6 is 0 Å². The van der Waals surface area contributed by atoms with Gasteiger partial charge in [-0.3, -0.25) is 9.59 Å². The van der Waals surface area contributed by atoms with Crippen molar-refractivity contribution in [1.29, 1.82) is 0 Å². The predicted octanol–water partition coefficient (Wildman–Crippen LogP) is 1.53. The lowest BCUT2D eigenvalue weighted by Crippen LogP contribution is -2.39. The molecule has 0 aromatic heterocycles. The van der Waals surface area contributed by atoms with E-state index in [0.29, 0.717) is 12.3 Å². The molecule has 1 aromatic rings. The summed E-state index contributed by atoms with van der Waals surface area (Å²) < 4.78 is 5.34. The standard InChI is InChI=1S/C14H20N2O3/c1-5-19-13-8-6-12(7-9-13)16(11(2)17)10-14(18)15(3)4/h6-9H,5,10H2,1-4H3. The molecule has 0 spiro atoms. The van der Waals surface area contributed by atoms with E-state index in [2.05, 4.69) is 0 Å². The number of anilines is 1. The van der Waals surface area contributed by atoms with Gasteiger partial charge in [0.2, 0.25) is 11.8 Å². The van der Waals surface area contributed by atoms with Crippen molar-refractivity contribution in [2.45, 2.75) is 13.8 Å². The lowest BCUT2D eigenvalue weighted by atomic mass is 10.2. The zero-order valence-electron chi connectivity index (χ0n) is 11.8. The third-order valence-electron chi connectivity index (χ3n) is 2.63. The Hall–Kier alpha value is -2.04. The quantitative estimate of drug-likeness (QED) is 0.810. The summed E-state index contributed by atoms with van der Waals surface area (Å²) in [7, 11) is 3.33. The number of carbonyl (C=O) groups is 2. The average molecular weight is 264 g/mol. The minimum Gasteiger partial charge on any atom is -0.494 e. The molecule has 0 fully saturated rings. The fourth-order valence-corrected chi connectivity index (χ4v) is 1.55. The molecule has 0 saturated carbocycles. The summed E-state index contributed by atoms with van der Waals surface area (Å²) >= 11 is 0. The van der Waals surface area contributed by atoms with Crippen LogP contribution in [0.25, 0.3) is 0 Å². The maximum absolute atomic E-state index is 11.7. The zero-order chi connectivity index (χ0) is 14.4. The maximum Gasteiger partial charge on any atom is 0.242 e. The topological polar surface area (TPSA) is 49.9 Å². The summed E-state index contributed by atoms with van der Waals surface area (Å²) in [4.78, 5) is 26.3. The first-order valence-electron chi connectivity index (χ1n) is 6.16. The van der Waals surface area contributed by atoms with Gasteiger partial charge in [-0.1, -0.05) is 0 Å². The largest absolute Gasteiger partial charge is 0.494 e. The van der Waals surface area contributed by atoms with Crippen molar-refractivity contribution < 1.29 is 14.3 Å². The third kappa shape index (κ3) is 4.28. The molecule has 0 aliphatic carbocycles. The van der Waals surface area contributed by atoms with Gasteiger partial charge in [0.05, 0.1) is 6.61 Å². The van der Waals surface area contributed by atoms with E-state index in [0.717, 1.165) is 5.75 Å². The molecular formula is C14H20N2O3. The van der Waals surface area contributed by atoms with Gasteiger partial charge < -0.3 is 14.5 Å². The molecule has 0 atom stereocenters. The summed E-state index contributed by atoms with van der Waals surface area (Å²) in [6.07, 6.45) is 0. The van der Waals surface area contributed by atoms with Crippen LogP contribution in [0.4, 0.5) is 5.69 Å². The van der Waals surface area contributed by atoms with Gasteiger partial charge in [0, 0.05) is 26.7 Å². The first-order chi connectivity index (χ1) is 8.95. The van der Waals surface area contributed by atoms with Gasteiger partial charge in [0.25, 0.3) is 0 Å². The Morgan fingerprint density at radius 1 is 1.16 bits per heavy atom. The first kappa shape index (κ1) is 15.0. The summed E-state index contributed by atoms with van der Waals surface area (Å²) in [5.74, 6) is 0.456. The minimum atomic E-state index is -0.167. The first-order valence-corrected chi connectivity index (χ1v) is 6.16. The van der Waals surface area contributed by atoms with E-state index in [9.17, 15) is 9.59 Å². The van der Waals surface area contributed by atoms with Crippen LogP contribution in [0.1, 0.15) is 13.8 Å². The van der Waals surface area contributed by atoms with E-state index in [1.165, 1.54) is 16.7 Å². The molecule has 5 heteroatoms. The third-order valence-corrected chi connectivity index (χ3v) is 2.63. The number of rotatable bonds is 5. The van der Waals surface area contributed by atoms with Crippen LogP contribution in [0.15, 0.2) is 24.3 Å². The molecule has 5 nitrogen and oxygen atoms in total. The van der Waals surface area contributed by atoms with Crippen LogP contribution < -0.4 is 9.64 Å². The molecule has 0 radical (unpaired) electrons. The second-order valence-corrected chi connectivity index (χ2v) is 4.32. The van der Waals surface area contributed by atoms with Gasteiger partial charge in [0.15, 0.2) is 0 Å². The summed E-state index contributed by atoms with van der Waals surface area (Å²) in [5, 5.41) is 0. The van der Waals surface area contributed by atoms with E-state index < -0.39 is 0 Å². The van der Waals surface area contributed by atoms with Crippen molar-refractivity contribution in [2.75, 3.05) is 32.1 Å². The normalized spacial score (nSPS) is 9.89. The Kier molecular flexibility index (Phi) is 5.36. The molecule has 0 aliphatic rings. The van der Waals surface area contributed by atoms with E-state index in [-0.39, 0.29) is 18.4 Å². The zero-order valence-corrected chi connectivity index (χ0v) is 11.8. The number of ether oxygens (including phenoxy) is 1. The van der Waals surface area contributed by atoms with Crippen LogP contribution in [-0.2, 0) is 9.59 Å². The van der Waals surface area contributed by atoms with Crippen molar-refractivity contribution in [3.63, 3.8) is 0 Å². The molecule has 0 unspecified atom stereocenters. The lowest BCUT2D eigenvalue weighted by Gasteiger charge is -2.22. The fourth-order valence-electron chi connectivity index (χ4n) is 1.55. The highest BCUT2D eigenvalue weighted by molar-refractivity contribution is 5.97. The van der Waals surface area contributed by atoms with E-state index >= 15 is 0 Å². The maximum atomic E-state index is 11.7. The van der Waals surface area contributed by atoms with Crippen LogP contribution in [-0.4, -0.2) is 44.0 Å². The molecule has 1 rings (SSSR count). The monoisotopic (exact) mass is 264 g/mol. The minimum absolute atomic E-state index is 0.0380. The number of hydrogen-bond donors (Lipinski definition) is 0.